The Morgan fingerprint density at radius 3 is 2.95 bits per heavy atom. The molecule has 0 bridgehead atoms. The first-order valence-electron chi connectivity index (χ1n) is 6.71. The maximum atomic E-state index is 12.3. The summed E-state index contributed by atoms with van der Waals surface area (Å²) in [4.78, 5) is 28.2. The van der Waals surface area contributed by atoms with E-state index in [9.17, 15) is 9.59 Å². The summed E-state index contributed by atoms with van der Waals surface area (Å²) in [5.41, 5.74) is 1.00. The van der Waals surface area contributed by atoms with Crippen LogP contribution in [0.1, 0.15) is 47.0 Å². The second-order valence-corrected chi connectivity index (χ2v) is 5.13. The highest BCUT2D eigenvalue weighted by molar-refractivity contribution is 5.99. The molecule has 2 rings (SSSR count). The van der Waals surface area contributed by atoms with Gasteiger partial charge in [0.25, 0.3) is 5.91 Å². The number of amides is 1. The van der Waals surface area contributed by atoms with Crippen molar-refractivity contribution in [3.05, 3.63) is 23.5 Å². The number of hydrogen-bond donors (Lipinski definition) is 2. The molecule has 1 saturated heterocycles. The number of aromatic nitrogens is 1. The Bertz CT molecular complexity index is 465. The summed E-state index contributed by atoms with van der Waals surface area (Å²) in [6.45, 7) is 3.09. The number of ketones is 1. The van der Waals surface area contributed by atoms with Crippen LogP contribution in [0.5, 0.6) is 0 Å². The van der Waals surface area contributed by atoms with E-state index in [1.807, 2.05) is 0 Å². The lowest BCUT2D eigenvalue weighted by Gasteiger charge is -2.32. The van der Waals surface area contributed by atoms with Crippen LogP contribution >= 0.6 is 0 Å². The lowest BCUT2D eigenvalue weighted by atomic mass is 9.95. The van der Waals surface area contributed by atoms with Gasteiger partial charge in [-0.15, -0.1) is 0 Å². The predicted octanol–water partition coefficient (Wildman–Crippen LogP) is 1.45. The highest BCUT2D eigenvalue weighted by atomic mass is 16.3. The number of aromatic amines is 1. The van der Waals surface area contributed by atoms with Crippen molar-refractivity contribution >= 4 is 11.7 Å². The summed E-state index contributed by atoms with van der Waals surface area (Å²) < 4.78 is 0. The molecule has 1 unspecified atom stereocenters. The molecule has 1 amide bonds. The Morgan fingerprint density at radius 2 is 2.32 bits per heavy atom. The molecule has 0 saturated carbocycles. The van der Waals surface area contributed by atoms with Gasteiger partial charge in [0.2, 0.25) is 0 Å². The molecule has 5 nitrogen and oxygen atoms in total. The van der Waals surface area contributed by atoms with Gasteiger partial charge >= 0.3 is 0 Å². The second-order valence-electron chi connectivity index (χ2n) is 5.13. The van der Waals surface area contributed by atoms with Gasteiger partial charge in [-0.2, -0.15) is 0 Å². The van der Waals surface area contributed by atoms with Crippen molar-refractivity contribution in [2.24, 2.45) is 5.92 Å². The van der Waals surface area contributed by atoms with Crippen LogP contribution in [0.15, 0.2) is 12.3 Å². The number of piperidine rings is 1. The number of likely N-dealkylation sites (tertiary alicyclic amines) is 1. The Kier molecular flexibility index (Phi) is 4.37. The van der Waals surface area contributed by atoms with Crippen molar-refractivity contribution in [2.45, 2.75) is 26.2 Å². The Hall–Kier alpha value is -1.62. The van der Waals surface area contributed by atoms with Gasteiger partial charge in [0.1, 0.15) is 5.69 Å². The molecule has 5 heteroatoms. The van der Waals surface area contributed by atoms with Crippen LogP contribution in [0.3, 0.4) is 0 Å². The van der Waals surface area contributed by atoms with Crippen LogP contribution in [0.25, 0.3) is 0 Å². The number of rotatable bonds is 4. The number of carbonyl (C=O) groups excluding carboxylic acids is 2. The van der Waals surface area contributed by atoms with Crippen LogP contribution in [0.4, 0.5) is 0 Å². The summed E-state index contributed by atoms with van der Waals surface area (Å²) in [7, 11) is 0. The van der Waals surface area contributed by atoms with Gasteiger partial charge in [-0.1, -0.05) is 0 Å². The summed E-state index contributed by atoms with van der Waals surface area (Å²) in [6, 6.07) is 1.61. The maximum absolute atomic E-state index is 12.3. The zero-order valence-electron chi connectivity index (χ0n) is 11.2. The first-order chi connectivity index (χ1) is 9.11. The van der Waals surface area contributed by atoms with Gasteiger partial charge in [-0.25, -0.2) is 0 Å². The molecule has 0 radical (unpaired) electrons. The normalized spacial score (nSPS) is 19.5. The van der Waals surface area contributed by atoms with Crippen LogP contribution in [0, 0.1) is 5.92 Å². The van der Waals surface area contributed by atoms with E-state index in [2.05, 4.69) is 4.98 Å². The minimum absolute atomic E-state index is 0.0490. The Labute approximate surface area is 112 Å². The number of aliphatic hydroxyl groups is 1. The largest absolute Gasteiger partial charge is 0.396 e. The van der Waals surface area contributed by atoms with E-state index < -0.39 is 0 Å². The van der Waals surface area contributed by atoms with Gasteiger partial charge in [0, 0.05) is 31.5 Å². The number of nitrogens with one attached hydrogen (secondary N) is 1. The fourth-order valence-electron chi connectivity index (χ4n) is 2.56. The molecule has 1 atom stereocenters. The Morgan fingerprint density at radius 1 is 1.53 bits per heavy atom. The summed E-state index contributed by atoms with van der Waals surface area (Å²) >= 11 is 0. The van der Waals surface area contributed by atoms with Crippen molar-refractivity contribution in [2.75, 3.05) is 19.7 Å². The molecule has 1 aromatic rings. The SMILES string of the molecule is CC(=O)c1c[nH]c(C(=O)N2CCCC(CCO)C2)c1. The molecule has 0 aromatic carbocycles. The molecule has 1 aromatic heterocycles. The third-order valence-corrected chi connectivity index (χ3v) is 3.66. The number of nitrogens with zero attached hydrogens (tertiary/aromatic N) is 1. The van der Waals surface area contributed by atoms with E-state index in [-0.39, 0.29) is 18.3 Å². The molecule has 1 aliphatic heterocycles. The molecular weight excluding hydrogens is 244 g/mol. The van der Waals surface area contributed by atoms with E-state index >= 15 is 0 Å². The van der Waals surface area contributed by atoms with Crippen molar-refractivity contribution in [3.63, 3.8) is 0 Å². The van der Waals surface area contributed by atoms with Gasteiger partial charge in [-0.3, -0.25) is 9.59 Å². The maximum Gasteiger partial charge on any atom is 0.270 e. The average molecular weight is 264 g/mol. The monoisotopic (exact) mass is 264 g/mol. The molecule has 19 heavy (non-hydrogen) atoms. The number of carbonyl (C=O) groups is 2. The number of Topliss-reactive ketones (excluding diaryl/α,β-unsaturated/α-hetero) is 1. The molecule has 2 N–H and O–H groups in total. The van der Waals surface area contributed by atoms with E-state index in [1.54, 1.807) is 17.2 Å². The van der Waals surface area contributed by atoms with E-state index in [0.29, 0.717) is 23.7 Å². The zero-order chi connectivity index (χ0) is 13.8. The van der Waals surface area contributed by atoms with E-state index in [4.69, 9.17) is 5.11 Å². The highest BCUT2D eigenvalue weighted by Gasteiger charge is 2.25. The van der Waals surface area contributed by atoms with Gasteiger partial charge in [0.15, 0.2) is 5.78 Å². The molecule has 1 fully saturated rings. The number of hydrogen-bond acceptors (Lipinski definition) is 3. The van der Waals surface area contributed by atoms with Gasteiger partial charge in [0.05, 0.1) is 0 Å². The molecule has 104 valence electrons. The first-order valence-corrected chi connectivity index (χ1v) is 6.71. The van der Waals surface area contributed by atoms with Crippen molar-refractivity contribution < 1.29 is 14.7 Å². The average Bonchev–Trinajstić information content (AvgIpc) is 2.88. The van der Waals surface area contributed by atoms with Crippen LogP contribution in [-0.4, -0.2) is 46.4 Å². The fourth-order valence-corrected chi connectivity index (χ4v) is 2.56. The molecule has 1 aliphatic rings. The summed E-state index contributed by atoms with van der Waals surface area (Å²) in [5.74, 6) is 0.271. The zero-order valence-corrected chi connectivity index (χ0v) is 11.2. The lowest BCUT2D eigenvalue weighted by molar-refractivity contribution is 0.0648. The van der Waals surface area contributed by atoms with Crippen LogP contribution in [-0.2, 0) is 0 Å². The fraction of sp³-hybridized carbons (Fsp3) is 0.571. The van der Waals surface area contributed by atoms with Crippen LogP contribution < -0.4 is 0 Å². The molecular formula is C14H20N2O3. The van der Waals surface area contributed by atoms with Crippen LogP contribution in [0.2, 0.25) is 0 Å². The molecule has 0 aliphatic carbocycles. The third kappa shape index (κ3) is 3.23. The highest BCUT2D eigenvalue weighted by Crippen LogP contribution is 2.21. The van der Waals surface area contributed by atoms with Gasteiger partial charge in [-0.05, 0) is 38.2 Å². The lowest BCUT2D eigenvalue weighted by Crippen LogP contribution is -2.40. The van der Waals surface area contributed by atoms with Gasteiger partial charge < -0.3 is 15.0 Å². The summed E-state index contributed by atoms with van der Waals surface area (Å²) in [6.07, 6.45) is 4.35. The van der Waals surface area contributed by atoms with Crippen molar-refractivity contribution in [3.8, 4) is 0 Å². The molecule has 2 heterocycles. The van der Waals surface area contributed by atoms with Crippen molar-refractivity contribution in [1.82, 2.24) is 9.88 Å². The second kappa shape index (κ2) is 6.02. The standard InChI is InChI=1S/C14H20N2O3/c1-10(18)12-7-13(15-8-12)14(19)16-5-2-3-11(9-16)4-6-17/h7-8,11,15,17H,2-6,9H2,1H3. The predicted molar refractivity (Wildman–Crippen MR) is 71.1 cm³/mol. The van der Waals surface area contributed by atoms with E-state index in [0.717, 1.165) is 25.8 Å². The quantitative estimate of drug-likeness (QED) is 0.808. The smallest absolute Gasteiger partial charge is 0.270 e. The number of H-pyrrole nitrogens is 1. The minimum atomic E-state index is -0.0601. The number of aliphatic hydroxyl groups excluding tert-OH is 1. The minimum Gasteiger partial charge on any atom is -0.396 e. The van der Waals surface area contributed by atoms with Crippen molar-refractivity contribution in [1.29, 1.82) is 0 Å². The topological polar surface area (TPSA) is 73.4 Å². The summed E-state index contributed by atoms with van der Waals surface area (Å²) in [5, 5.41) is 8.98. The molecule has 0 spiro atoms. The Balaban J connectivity index is 2.03. The van der Waals surface area contributed by atoms with E-state index in [1.165, 1.54) is 6.92 Å². The first kappa shape index (κ1) is 13.8. The third-order valence-electron chi connectivity index (χ3n) is 3.66.